The number of anilines is 1. The van der Waals surface area contributed by atoms with Gasteiger partial charge in [0.2, 0.25) is 0 Å². The summed E-state index contributed by atoms with van der Waals surface area (Å²) in [5.41, 5.74) is 0.287. The quantitative estimate of drug-likeness (QED) is 0.764. The van der Waals surface area contributed by atoms with Crippen LogP contribution in [0.25, 0.3) is 0 Å². The van der Waals surface area contributed by atoms with E-state index < -0.39 is 10.8 Å². The fourth-order valence-corrected chi connectivity index (χ4v) is 1.20. The van der Waals surface area contributed by atoms with Gasteiger partial charge in [0.25, 0.3) is 0 Å². The minimum Gasteiger partial charge on any atom is -0.368 e. The number of rotatable bonds is 4. The molecule has 0 spiro atoms. The lowest BCUT2D eigenvalue weighted by atomic mass is 10.4. The Bertz CT molecular complexity index is 357. The smallest absolute Gasteiger partial charge is 0.163 e. The second kappa shape index (κ2) is 5.29. The predicted octanol–water partition coefficient (Wildman–Crippen LogP) is 0.139. The maximum absolute atomic E-state index is 10.7. The molecule has 14 heavy (non-hydrogen) atoms. The molecule has 0 aliphatic carbocycles. The summed E-state index contributed by atoms with van der Waals surface area (Å²) in [6, 6.07) is 5.13. The third kappa shape index (κ3) is 3.49. The molecule has 0 aliphatic rings. The summed E-state index contributed by atoms with van der Waals surface area (Å²) in [5.74, 6) is 1.16. The van der Waals surface area contributed by atoms with E-state index in [1.54, 1.807) is 18.4 Å². The molecule has 0 fully saturated rings. The summed E-state index contributed by atoms with van der Waals surface area (Å²) in [7, 11) is -0.808. The van der Waals surface area contributed by atoms with Crippen LogP contribution in [0.15, 0.2) is 12.1 Å². The molecule has 6 heteroatoms. The van der Waals surface area contributed by atoms with Gasteiger partial charge in [-0.25, -0.2) is 0 Å². The Morgan fingerprint density at radius 1 is 1.57 bits per heavy atom. The maximum Gasteiger partial charge on any atom is 0.163 e. The lowest BCUT2D eigenvalue weighted by molar-refractivity contribution is 0.687. The molecule has 1 aromatic rings. The molecule has 1 unspecified atom stereocenters. The standard InChI is InChI=1S/C8H10N4OS/c1-14(13)5-4-10-8-3-2-7(6-9)11-12-8/h2-3H,4-5H2,1H3,(H,10,12). The summed E-state index contributed by atoms with van der Waals surface area (Å²) >= 11 is 0. The van der Waals surface area contributed by atoms with Gasteiger partial charge < -0.3 is 5.32 Å². The van der Waals surface area contributed by atoms with Crippen LogP contribution in [-0.4, -0.2) is 33.0 Å². The van der Waals surface area contributed by atoms with Gasteiger partial charge in [0.05, 0.1) is 0 Å². The van der Waals surface area contributed by atoms with Crippen LogP contribution in [0.3, 0.4) is 0 Å². The Morgan fingerprint density at radius 3 is 2.86 bits per heavy atom. The summed E-state index contributed by atoms with van der Waals surface area (Å²) < 4.78 is 10.7. The highest BCUT2D eigenvalue weighted by Gasteiger charge is 1.96. The molecule has 0 saturated carbocycles. The normalized spacial score (nSPS) is 11.7. The van der Waals surface area contributed by atoms with Crippen LogP contribution in [0.2, 0.25) is 0 Å². The molecular formula is C8H10N4OS. The van der Waals surface area contributed by atoms with Crippen LogP contribution in [0.1, 0.15) is 5.69 Å². The average Bonchev–Trinajstić information content (AvgIpc) is 2.18. The Kier molecular flexibility index (Phi) is 4.01. The van der Waals surface area contributed by atoms with E-state index in [0.29, 0.717) is 18.1 Å². The molecule has 5 nitrogen and oxygen atoms in total. The van der Waals surface area contributed by atoms with Crippen molar-refractivity contribution in [3.63, 3.8) is 0 Å². The molecule has 0 saturated heterocycles. The summed E-state index contributed by atoms with van der Waals surface area (Å²) in [6.07, 6.45) is 1.64. The zero-order chi connectivity index (χ0) is 10.4. The van der Waals surface area contributed by atoms with Crippen LogP contribution in [0, 0.1) is 11.3 Å². The van der Waals surface area contributed by atoms with Crippen molar-refractivity contribution in [3.05, 3.63) is 17.8 Å². The van der Waals surface area contributed by atoms with Crippen molar-refractivity contribution in [1.29, 1.82) is 5.26 Å². The number of nitrogens with zero attached hydrogens (tertiary/aromatic N) is 3. The van der Waals surface area contributed by atoms with Crippen LogP contribution in [0.4, 0.5) is 5.82 Å². The molecular weight excluding hydrogens is 200 g/mol. The first-order valence-corrected chi connectivity index (χ1v) is 5.73. The largest absolute Gasteiger partial charge is 0.368 e. The molecule has 1 N–H and O–H groups in total. The second-order valence-electron chi connectivity index (χ2n) is 2.62. The van der Waals surface area contributed by atoms with E-state index in [1.807, 2.05) is 6.07 Å². The van der Waals surface area contributed by atoms with Crippen molar-refractivity contribution in [3.8, 4) is 6.07 Å². The van der Waals surface area contributed by atoms with Crippen molar-refractivity contribution in [2.75, 3.05) is 23.9 Å². The van der Waals surface area contributed by atoms with Crippen LogP contribution >= 0.6 is 0 Å². The van der Waals surface area contributed by atoms with E-state index in [2.05, 4.69) is 15.5 Å². The predicted molar refractivity (Wildman–Crippen MR) is 54.2 cm³/mol. The molecule has 0 amide bonds. The monoisotopic (exact) mass is 210 g/mol. The fourth-order valence-electron chi connectivity index (χ4n) is 0.809. The number of nitriles is 1. The molecule has 0 aromatic carbocycles. The number of hydrogen-bond donors (Lipinski definition) is 1. The van der Waals surface area contributed by atoms with E-state index >= 15 is 0 Å². The lowest BCUT2D eigenvalue weighted by Crippen LogP contribution is -2.11. The summed E-state index contributed by atoms with van der Waals surface area (Å²) in [6.45, 7) is 0.587. The van der Waals surface area contributed by atoms with Gasteiger partial charge in [-0.1, -0.05) is 0 Å². The first kappa shape index (κ1) is 10.6. The minimum atomic E-state index is -0.808. The van der Waals surface area contributed by atoms with E-state index in [4.69, 9.17) is 5.26 Å². The van der Waals surface area contributed by atoms with E-state index in [0.717, 1.165) is 0 Å². The van der Waals surface area contributed by atoms with Gasteiger partial charge in [-0.2, -0.15) is 5.26 Å². The van der Waals surface area contributed by atoms with E-state index in [-0.39, 0.29) is 5.69 Å². The molecule has 1 atom stereocenters. The Morgan fingerprint density at radius 2 is 2.36 bits per heavy atom. The summed E-state index contributed by atoms with van der Waals surface area (Å²) in [4.78, 5) is 0. The Hall–Kier alpha value is -1.48. The SMILES string of the molecule is CS(=O)CCNc1ccc(C#N)nn1. The number of nitrogens with one attached hydrogen (secondary N) is 1. The maximum atomic E-state index is 10.7. The Labute approximate surface area is 84.6 Å². The van der Waals surface area contributed by atoms with Gasteiger partial charge >= 0.3 is 0 Å². The highest BCUT2D eigenvalue weighted by atomic mass is 32.2. The van der Waals surface area contributed by atoms with Crippen LogP contribution in [0.5, 0.6) is 0 Å². The molecule has 1 aromatic heterocycles. The first-order valence-electron chi connectivity index (χ1n) is 4.00. The number of aromatic nitrogens is 2. The third-order valence-electron chi connectivity index (χ3n) is 1.47. The van der Waals surface area contributed by atoms with Crippen molar-refractivity contribution in [2.24, 2.45) is 0 Å². The molecule has 0 aliphatic heterocycles. The zero-order valence-electron chi connectivity index (χ0n) is 7.73. The molecule has 1 heterocycles. The fraction of sp³-hybridized carbons (Fsp3) is 0.375. The van der Waals surface area contributed by atoms with E-state index in [1.165, 1.54) is 0 Å². The van der Waals surface area contributed by atoms with Gasteiger partial charge in [0.15, 0.2) is 5.69 Å². The third-order valence-corrected chi connectivity index (χ3v) is 2.25. The average molecular weight is 210 g/mol. The second-order valence-corrected chi connectivity index (χ2v) is 4.17. The van der Waals surface area contributed by atoms with Gasteiger partial charge in [-0.05, 0) is 12.1 Å². The van der Waals surface area contributed by atoms with Gasteiger partial charge in [-0.3, -0.25) is 4.21 Å². The van der Waals surface area contributed by atoms with Crippen molar-refractivity contribution < 1.29 is 4.21 Å². The number of hydrogen-bond acceptors (Lipinski definition) is 5. The first-order chi connectivity index (χ1) is 6.72. The lowest BCUT2D eigenvalue weighted by Gasteiger charge is -2.01. The van der Waals surface area contributed by atoms with Crippen molar-refractivity contribution in [1.82, 2.24) is 10.2 Å². The highest BCUT2D eigenvalue weighted by molar-refractivity contribution is 7.84. The zero-order valence-corrected chi connectivity index (χ0v) is 8.54. The summed E-state index contributed by atoms with van der Waals surface area (Å²) in [5, 5.41) is 18.8. The molecule has 0 bridgehead atoms. The molecule has 0 radical (unpaired) electrons. The van der Waals surface area contributed by atoms with Crippen LogP contribution in [-0.2, 0) is 10.8 Å². The Balaban J connectivity index is 2.45. The van der Waals surface area contributed by atoms with Crippen LogP contribution < -0.4 is 5.32 Å². The van der Waals surface area contributed by atoms with E-state index in [9.17, 15) is 4.21 Å². The van der Waals surface area contributed by atoms with Gasteiger partial charge in [0, 0.05) is 29.4 Å². The molecule has 1 rings (SSSR count). The van der Waals surface area contributed by atoms with Gasteiger partial charge in [0.1, 0.15) is 11.9 Å². The minimum absolute atomic E-state index is 0.287. The topological polar surface area (TPSA) is 78.7 Å². The van der Waals surface area contributed by atoms with Crippen molar-refractivity contribution >= 4 is 16.6 Å². The van der Waals surface area contributed by atoms with Gasteiger partial charge in [-0.15, -0.1) is 10.2 Å². The highest BCUT2D eigenvalue weighted by Crippen LogP contribution is 1.99. The molecule has 74 valence electrons. The van der Waals surface area contributed by atoms with Crippen molar-refractivity contribution in [2.45, 2.75) is 0 Å².